The van der Waals surface area contributed by atoms with Crippen molar-refractivity contribution in [1.82, 2.24) is 15.5 Å². The predicted octanol–water partition coefficient (Wildman–Crippen LogP) is 6.11. The van der Waals surface area contributed by atoms with Crippen molar-refractivity contribution in [3.05, 3.63) is 65.7 Å². The molecule has 0 saturated carbocycles. The van der Waals surface area contributed by atoms with Crippen LogP contribution in [0.2, 0.25) is 0 Å². The summed E-state index contributed by atoms with van der Waals surface area (Å²) in [7, 11) is 0. The van der Waals surface area contributed by atoms with Crippen LogP contribution in [0, 0.1) is 5.92 Å². The van der Waals surface area contributed by atoms with E-state index in [4.69, 9.17) is 0 Å². The first-order valence-electron chi connectivity index (χ1n) is 12.1. The van der Waals surface area contributed by atoms with Crippen molar-refractivity contribution < 1.29 is 9.59 Å². The molecule has 2 amide bonds. The first-order valence-corrected chi connectivity index (χ1v) is 12.9. The molecule has 7 heteroatoms. The average Bonchev–Trinajstić information content (AvgIpc) is 3.34. The molecule has 0 aliphatic heterocycles. The number of unbranched alkanes of at least 4 members (excludes halogenated alkanes) is 3. The maximum atomic E-state index is 13.1. The van der Waals surface area contributed by atoms with E-state index in [2.05, 4.69) is 27.8 Å². The number of aryl methyl sites for hydroxylation is 1. The zero-order chi connectivity index (χ0) is 24.3. The van der Waals surface area contributed by atoms with Crippen molar-refractivity contribution in [1.29, 1.82) is 0 Å². The SMILES string of the molecule is CCCCCCc1ccc(C(=O)N[C@H](C(=O)Nc2nnc(-c3ccccc3)s2)[C@@H](C)CC)cc1. The Labute approximate surface area is 206 Å². The van der Waals surface area contributed by atoms with Gasteiger partial charge in [-0.15, -0.1) is 10.2 Å². The monoisotopic (exact) mass is 478 g/mol. The van der Waals surface area contributed by atoms with E-state index in [-0.39, 0.29) is 17.7 Å². The van der Waals surface area contributed by atoms with Gasteiger partial charge in [-0.05, 0) is 36.5 Å². The standard InChI is InChI=1S/C27H34N4O2S/c1-4-6-7-9-12-20-15-17-21(18-16-20)24(32)28-23(19(3)5-2)25(33)29-27-31-30-26(34-27)22-13-10-8-11-14-22/h8,10-11,13-19,23H,4-7,9,12H2,1-3H3,(H,28,32)(H,29,31,33)/t19-,23-/m0/s1. The number of benzene rings is 2. The summed E-state index contributed by atoms with van der Waals surface area (Å²) < 4.78 is 0. The summed E-state index contributed by atoms with van der Waals surface area (Å²) in [5.74, 6) is -0.575. The molecule has 0 aliphatic rings. The van der Waals surface area contributed by atoms with Gasteiger partial charge in [0.1, 0.15) is 11.0 Å². The molecule has 2 N–H and O–H groups in total. The Balaban J connectivity index is 1.62. The molecule has 1 aromatic heterocycles. The van der Waals surface area contributed by atoms with Crippen molar-refractivity contribution in [3.8, 4) is 10.6 Å². The van der Waals surface area contributed by atoms with Gasteiger partial charge >= 0.3 is 0 Å². The molecule has 0 saturated heterocycles. The van der Waals surface area contributed by atoms with Crippen LogP contribution in [0.1, 0.15) is 68.8 Å². The number of hydrogen-bond donors (Lipinski definition) is 2. The molecule has 0 unspecified atom stereocenters. The Bertz CT molecular complexity index is 1050. The largest absolute Gasteiger partial charge is 0.340 e. The van der Waals surface area contributed by atoms with Gasteiger partial charge in [-0.1, -0.05) is 100 Å². The van der Waals surface area contributed by atoms with Crippen LogP contribution in [0.25, 0.3) is 10.6 Å². The van der Waals surface area contributed by atoms with Crippen molar-refractivity contribution in [2.24, 2.45) is 5.92 Å². The Kier molecular flexibility index (Phi) is 9.76. The van der Waals surface area contributed by atoms with E-state index in [0.717, 1.165) is 29.8 Å². The minimum Gasteiger partial charge on any atom is -0.340 e. The van der Waals surface area contributed by atoms with E-state index in [9.17, 15) is 9.59 Å². The fourth-order valence-electron chi connectivity index (χ4n) is 3.66. The Morgan fingerprint density at radius 1 is 0.941 bits per heavy atom. The highest BCUT2D eigenvalue weighted by Gasteiger charge is 2.27. The summed E-state index contributed by atoms with van der Waals surface area (Å²) >= 11 is 1.31. The van der Waals surface area contributed by atoms with E-state index in [1.807, 2.05) is 68.4 Å². The number of aromatic nitrogens is 2. The lowest BCUT2D eigenvalue weighted by Gasteiger charge is -2.23. The number of anilines is 1. The van der Waals surface area contributed by atoms with Crippen molar-refractivity contribution in [3.63, 3.8) is 0 Å². The number of hydrogen-bond acceptors (Lipinski definition) is 5. The average molecular weight is 479 g/mol. The van der Waals surface area contributed by atoms with Crippen LogP contribution in [0.15, 0.2) is 54.6 Å². The summed E-state index contributed by atoms with van der Waals surface area (Å²) in [6.45, 7) is 6.17. The molecule has 6 nitrogen and oxygen atoms in total. The van der Waals surface area contributed by atoms with E-state index in [0.29, 0.717) is 10.7 Å². The van der Waals surface area contributed by atoms with Gasteiger partial charge < -0.3 is 5.32 Å². The number of nitrogens with one attached hydrogen (secondary N) is 2. The van der Waals surface area contributed by atoms with Crippen LogP contribution in [-0.2, 0) is 11.2 Å². The van der Waals surface area contributed by atoms with Crippen LogP contribution in [0.5, 0.6) is 0 Å². The number of carbonyl (C=O) groups is 2. The molecule has 0 radical (unpaired) electrons. The molecule has 3 aromatic rings. The zero-order valence-electron chi connectivity index (χ0n) is 20.2. The Hall–Kier alpha value is -3.06. The third-order valence-corrected chi connectivity index (χ3v) is 6.88. The fourth-order valence-corrected chi connectivity index (χ4v) is 4.41. The molecule has 3 rings (SSSR count). The van der Waals surface area contributed by atoms with Gasteiger partial charge in [-0.3, -0.25) is 14.9 Å². The van der Waals surface area contributed by atoms with Gasteiger partial charge in [-0.2, -0.15) is 0 Å². The van der Waals surface area contributed by atoms with Gasteiger partial charge in [0.2, 0.25) is 11.0 Å². The number of rotatable bonds is 12. The lowest BCUT2D eigenvalue weighted by Crippen LogP contribution is -2.47. The quantitative estimate of drug-likeness (QED) is 0.308. The van der Waals surface area contributed by atoms with Crippen LogP contribution in [0.3, 0.4) is 0 Å². The fraction of sp³-hybridized carbons (Fsp3) is 0.407. The zero-order valence-corrected chi connectivity index (χ0v) is 21.0. The summed E-state index contributed by atoms with van der Waals surface area (Å²) in [4.78, 5) is 26.0. The second kappa shape index (κ2) is 13.0. The van der Waals surface area contributed by atoms with E-state index >= 15 is 0 Å². The van der Waals surface area contributed by atoms with Crippen molar-refractivity contribution in [2.75, 3.05) is 5.32 Å². The molecule has 0 aliphatic carbocycles. The second-order valence-electron chi connectivity index (χ2n) is 8.61. The summed E-state index contributed by atoms with van der Waals surface area (Å²) in [6, 6.07) is 16.7. The second-order valence-corrected chi connectivity index (χ2v) is 9.59. The minimum atomic E-state index is -0.671. The minimum absolute atomic E-state index is 0.0386. The number of carbonyl (C=O) groups excluding carboxylic acids is 2. The summed E-state index contributed by atoms with van der Waals surface area (Å²) in [5, 5.41) is 15.2. The molecular formula is C27H34N4O2S. The van der Waals surface area contributed by atoms with Crippen molar-refractivity contribution >= 4 is 28.3 Å². The maximum Gasteiger partial charge on any atom is 0.251 e. The molecule has 2 atom stereocenters. The molecule has 180 valence electrons. The summed E-state index contributed by atoms with van der Waals surface area (Å²) in [6.07, 6.45) is 6.63. The third-order valence-electron chi connectivity index (χ3n) is 5.99. The number of amides is 2. The van der Waals surface area contributed by atoms with Crippen LogP contribution >= 0.6 is 11.3 Å². The lowest BCUT2D eigenvalue weighted by molar-refractivity contribution is -0.119. The third kappa shape index (κ3) is 7.22. The van der Waals surface area contributed by atoms with Gasteiger partial charge in [0.05, 0.1) is 0 Å². The highest BCUT2D eigenvalue weighted by molar-refractivity contribution is 7.18. The maximum absolute atomic E-state index is 13.1. The molecule has 0 fully saturated rings. The van der Waals surface area contributed by atoms with Gasteiger partial charge in [0.15, 0.2) is 0 Å². The molecule has 0 spiro atoms. The molecule has 34 heavy (non-hydrogen) atoms. The van der Waals surface area contributed by atoms with Gasteiger partial charge in [-0.25, -0.2) is 0 Å². The molecular weight excluding hydrogens is 444 g/mol. The highest BCUT2D eigenvalue weighted by Crippen LogP contribution is 2.26. The number of nitrogens with zero attached hydrogens (tertiary/aromatic N) is 2. The lowest BCUT2D eigenvalue weighted by atomic mass is 9.97. The van der Waals surface area contributed by atoms with Gasteiger partial charge in [0.25, 0.3) is 5.91 Å². The topological polar surface area (TPSA) is 84.0 Å². The normalized spacial score (nSPS) is 12.7. The first-order chi connectivity index (χ1) is 16.5. The van der Waals surface area contributed by atoms with E-state index < -0.39 is 6.04 Å². The van der Waals surface area contributed by atoms with Crippen LogP contribution in [0.4, 0.5) is 5.13 Å². The molecule has 0 bridgehead atoms. The predicted molar refractivity (Wildman–Crippen MR) is 139 cm³/mol. The van der Waals surface area contributed by atoms with Crippen LogP contribution in [-0.4, -0.2) is 28.1 Å². The smallest absolute Gasteiger partial charge is 0.251 e. The van der Waals surface area contributed by atoms with E-state index in [1.54, 1.807) is 0 Å². The van der Waals surface area contributed by atoms with Gasteiger partial charge in [0, 0.05) is 11.1 Å². The van der Waals surface area contributed by atoms with Crippen LogP contribution < -0.4 is 10.6 Å². The Morgan fingerprint density at radius 2 is 1.68 bits per heavy atom. The van der Waals surface area contributed by atoms with E-state index in [1.165, 1.54) is 36.2 Å². The first kappa shape index (κ1) is 25.6. The molecule has 1 heterocycles. The molecule has 2 aromatic carbocycles. The van der Waals surface area contributed by atoms with Crippen molar-refractivity contribution in [2.45, 2.75) is 65.3 Å². The summed E-state index contributed by atoms with van der Waals surface area (Å²) in [5.41, 5.74) is 2.73. The highest BCUT2D eigenvalue weighted by atomic mass is 32.1. The Morgan fingerprint density at radius 3 is 2.35 bits per heavy atom.